The third-order valence-corrected chi connectivity index (χ3v) is 9.23. The van der Waals surface area contributed by atoms with Gasteiger partial charge in [-0.2, -0.15) is 0 Å². The first-order valence-electron chi connectivity index (χ1n) is 14.2. The van der Waals surface area contributed by atoms with Crippen molar-refractivity contribution < 1.29 is 10.2 Å². The molecule has 0 saturated heterocycles. The second-order valence-corrected chi connectivity index (χ2v) is 11.5. The van der Waals surface area contributed by atoms with Crippen LogP contribution in [0.4, 0.5) is 0 Å². The second kappa shape index (κ2) is 10.5. The largest absolute Gasteiger partial charge is 0.380 e. The molecule has 1 aliphatic carbocycles. The lowest BCUT2D eigenvalue weighted by Crippen LogP contribution is -2.47. The summed E-state index contributed by atoms with van der Waals surface area (Å²) in [5.74, 6) is -0.596. The second-order valence-electron chi connectivity index (χ2n) is 11.5. The van der Waals surface area contributed by atoms with Crippen molar-refractivity contribution in [1.29, 1.82) is 0 Å². The molecule has 5 aromatic carbocycles. The Kier molecular flexibility index (Phi) is 6.92. The van der Waals surface area contributed by atoms with E-state index in [1.54, 1.807) is 0 Å². The van der Waals surface area contributed by atoms with Crippen molar-refractivity contribution in [2.45, 2.75) is 36.4 Å². The molecule has 0 unspecified atom stereocenters. The van der Waals surface area contributed by atoms with Crippen molar-refractivity contribution in [3.63, 3.8) is 0 Å². The van der Waals surface area contributed by atoms with Gasteiger partial charge in [0.05, 0.1) is 0 Å². The van der Waals surface area contributed by atoms with Gasteiger partial charge in [-0.3, -0.25) is 0 Å². The van der Waals surface area contributed by atoms with Crippen LogP contribution in [0, 0.1) is 11.8 Å². The van der Waals surface area contributed by atoms with E-state index in [-0.39, 0.29) is 17.3 Å². The fourth-order valence-corrected chi connectivity index (χ4v) is 7.25. The molecule has 0 spiro atoms. The standard InChI is InChI=1S/C38H36O2/c1-36(29-17-7-2-8-18-29)27-34(37(39,30-19-9-3-10-20-30)31-21-11-4-12-22-31)35(28-36)38(40,32-23-13-5-14-24-32)33-25-15-6-16-26-33/h2-26,34-35,39-40H,27-28H2,1H3/t34-,35-/m1/s1. The molecule has 0 aromatic heterocycles. The summed E-state index contributed by atoms with van der Waals surface area (Å²) in [5, 5.41) is 26.3. The number of benzene rings is 5. The maximum Gasteiger partial charge on any atom is 0.118 e. The lowest BCUT2D eigenvalue weighted by Gasteiger charge is -2.45. The van der Waals surface area contributed by atoms with Gasteiger partial charge in [0, 0.05) is 11.8 Å². The number of hydrogen-bond acceptors (Lipinski definition) is 2. The number of aliphatic hydroxyl groups is 2. The van der Waals surface area contributed by atoms with Crippen molar-refractivity contribution >= 4 is 0 Å². The van der Waals surface area contributed by atoms with Gasteiger partial charge in [-0.05, 0) is 46.1 Å². The Morgan fingerprint density at radius 1 is 0.450 bits per heavy atom. The molecule has 0 bridgehead atoms. The van der Waals surface area contributed by atoms with Crippen molar-refractivity contribution in [1.82, 2.24) is 0 Å². The Morgan fingerprint density at radius 3 is 0.975 bits per heavy atom. The van der Waals surface area contributed by atoms with E-state index in [2.05, 4.69) is 31.2 Å². The minimum atomic E-state index is -1.32. The van der Waals surface area contributed by atoms with Gasteiger partial charge in [0.1, 0.15) is 11.2 Å². The molecule has 0 amide bonds. The maximum atomic E-state index is 13.1. The number of rotatable bonds is 7. The Hall–Kier alpha value is -3.98. The predicted molar refractivity (Wildman–Crippen MR) is 162 cm³/mol. The molecule has 1 fully saturated rings. The van der Waals surface area contributed by atoms with Gasteiger partial charge in [0.25, 0.3) is 0 Å². The van der Waals surface area contributed by atoms with Crippen LogP contribution in [-0.2, 0) is 16.6 Å². The highest BCUT2D eigenvalue weighted by Crippen LogP contribution is 2.61. The molecule has 200 valence electrons. The van der Waals surface area contributed by atoms with Crippen LogP contribution in [0.5, 0.6) is 0 Å². The van der Waals surface area contributed by atoms with Crippen molar-refractivity contribution in [2.75, 3.05) is 0 Å². The smallest absolute Gasteiger partial charge is 0.118 e. The topological polar surface area (TPSA) is 40.5 Å². The predicted octanol–water partition coefficient (Wildman–Crippen LogP) is 7.84. The van der Waals surface area contributed by atoms with Gasteiger partial charge in [0.2, 0.25) is 0 Å². The fourth-order valence-electron chi connectivity index (χ4n) is 7.25. The fraction of sp³-hybridized carbons (Fsp3) is 0.211. The summed E-state index contributed by atoms with van der Waals surface area (Å²) in [6.07, 6.45) is 1.42. The Labute approximate surface area is 237 Å². The lowest BCUT2D eigenvalue weighted by atomic mass is 9.64. The third-order valence-electron chi connectivity index (χ3n) is 9.23. The highest BCUT2D eigenvalue weighted by molar-refractivity contribution is 5.44. The van der Waals surface area contributed by atoms with Crippen LogP contribution in [-0.4, -0.2) is 10.2 Å². The molecule has 5 aromatic rings. The van der Waals surface area contributed by atoms with E-state index in [4.69, 9.17) is 0 Å². The van der Waals surface area contributed by atoms with Gasteiger partial charge < -0.3 is 10.2 Å². The van der Waals surface area contributed by atoms with Crippen molar-refractivity contribution in [2.24, 2.45) is 11.8 Å². The average Bonchev–Trinajstić information content (AvgIpc) is 3.42. The van der Waals surface area contributed by atoms with Gasteiger partial charge in [-0.25, -0.2) is 0 Å². The zero-order valence-corrected chi connectivity index (χ0v) is 22.9. The molecule has 0 aliphatic heterocycles. The van der Waals surface area contributed by atoms with Gasteiger partial charge in [0.15, 0.2) is 0 Å². The summed E-state index contributed by atoms with van der Waals surface area (Å²) in [7, 11) is 0. The SMILES string of the molecule is CC1(c2ccccc2)C[C@@H](C(O)(c2ccccc2)c2ccccc2)[C@H](C(O)(c2ccccc2)c2ccccc2)C1. The average molecular weight is 525 g/mol. The molecule has 1 aliphatic rings. The van der Waals surface area contributed by atoms with E-state index < -0.39 is 11.2 Å². The summed E-state index contributed by atoms with van der Waals surface area (Å²) in [4.78, 5) is 0. The first-order valence-corrected chi connectivity index (χ1v) is 14.2. The quantitative estimate of drug-likeness (QED) is 0.228. The third kappa shape index (κ3) is 4.38. The highest BCUT2D eigenvalue weighted by Gasteiger charge is 2.59. The van der Waals surface area contributed by atoms with E-state index in [1.165, 1.54) is 5.56 Å². The maximum absolute atomic E-state index is 13.1. The van der Waals surface area contributed by atoms with E-state index >= 15 is 0 Å². The molecular weight excluding hydrogens is 488 g/mol. The van der Waals surface area contributed by atoms with Crippen molar-refractivity contribution in [3.05, 3.63) is 179 Å². The minimum Gasteiger partial charge on any atom is -0.380 e. The monoisotopic (exact) mass is 524 g/mol. The first-order chi connectivity index (χ1) is 19.5. The number of hydrogen-bond donors (Lipinski definition) is 2. The van der Waals surface area contributed by atoms with Crippen LogP contribution in [0.15, 0.2) is 152 Å². The van der Waals surface area contributed by atoms with Gasteiger partial charge >= 0.3 is 0 Å². The van der Waals surface area contributed by atoms with E-state index in [1.807, 2.05) is 127 Å². The summed E-state index contributed by atoms with van der Waals surface area (Å²) in [6, 6.07) is 50.6. The zero-order chi connectivity index (χ0) is 27.6. The summed E-state index contributed by atoms with van der Waals surface area (Å²) < 4.78 is 0. The van der Waals surface area contributed by atoms with Crippen molar-refractivity contribution in [3.8, 4) is 0 Å². The van der Waals surface area contributed by atoms with Crippen LogP contribution in [0.3, 0.4) is 0 Å². The van der Waals surface area contributed by atoms with Gasteiger partial charge in [-0.1, -0.05) is 159 Å². The molecule has 0 heterocycles. The Bertz CT molecular complexity index is 1340. The molecule has 2 N–H and O–H groups in total. The molecule has 2 atom stereocenters. The summed E-state index contributed by atoms with van der Waals surface area (Å²) in [5.41, 5.74) is 1.71. The Balaban J connectivity index is 1.63. The Morgan fingerprint density at radius 2 is 0.700 bits per heavy atom. The van der Waals surface area contributed by atoms with Gasteiger partial charge in [-0.15, -0.1) is 0 Å². The van der Waals surface area contributed by atoms with Crippen LogP contribution < -0.4 is 0 Å². The van der Waals surface area contributed by atoms with E-state index in [9.17, 15) is 10.2 Å². The molecule has 40 heavy (non-hydrogen) atoms. The molecule has 2 heteroatoms. The van der Waals surface area contributed by atoms with E-state index in [0.717, 1.165) is 22.3 Å². The van der Waals surface area contributed by atoms with Crippen LogP contribution in [0.1, 0.15) is 47.6 Å². The van der Waals surface area contributed by atoms with Crippen LogP contribution in [0.2, 0.25) is 0 Å². The van der Waals surface area contributed by atoms with Crippen LogP contribution in [0.25, 0.3) is 0 Å². The van der Waals surface area contributed by atoms with Crippen LogP contribution >= 0.6 is 0 Å². The van der Waals surface area contributed by atoms with E-state index in [0.29, 0.717) is 12.8 Å². The molecule has 6 rings (SSSR count). The normalized spacial score (nSPS) is 18.9. The summed E-state index contributed by atoms with van der Waals surface area (Å²) in [6.45, 7) is 2.29. The molecule has 1 saturated carbocycles. The molecule has 0 radical (unpaired) electrons. The lowest BCUT2D eigenvalue weighted by molar-refractivity contribution is -0.0697. The molecular formula is C38H36O2. The zero-order valence-electron chi connectivity index (χ0n) is 22.9. The summed E-state index contributed by atoms with van der Waals surface area (Å²) >= 11 is 0. The molecule has 2 nitrogen and oxygen atoms in total. The minimum absolute atomic E-state index is 0.258. The highest BCUT2D eigenvalue weighted by atomic mass is 16.3. The first kappa shape index (κ1) is 26.3.